The van der Waals surface area contributed by atoms with Gasteiger partial charge in [-0.15, -0.1) is 0 Å². The number of rotatable bonds is 5. The van der Waals surface area contributed by atoms with Crippen LogP contribution in [0.1, 0.15) is 53.9 Å². The van der Waals surface area contributed by atoms with Crippen molar-refractivity contribution in [3.05, 3.63) is 95.1 Å². The van der Waals surface area contributed by atoms with Crippen LogP contribution in [0, 0.1) is 0 Å². The number of fused-ring (bicyclic) bond motifs is 4. The fourth-order valence-corrected chi connectivity index (χ4v) is 6.52. The number of carbonyl (C=O) groups is 2. The van der Waals surface area contributed by atoms with Crippen LogP contribution in [0.4, 0.5) is 4.79 Å². The van der Waals surface area contributed by atoms with Crippen LogP contribution in [0.5, 0.6) is 0 Å². The Bertz CT molecular complexity index is 1220. The number of nitrogens with zero attached hydrogens (tertiary/aromatic N) is 1. The predicted octanol–water partition coefficient (Wildman–Crippen LogP) is 5.80. The van der Waals surface area contributed by atoms with Gasteiger partial charge in [0, 0.05) is 24.8 Å². The summed E-state index contributed by atoms with van der Waals surface area (Å²) in [5, 5.41) is 10.5. The van der Waals surface area contributed by atoms with Gasteiger partial charge in [0.2, 0.25) is 0 Å². The Balaban J connectivity index is 1.31. The van der Waals surface area contributed by atoms with Crippen molar-refractivity contribution in [1.29, 1.82) is 0 Å². The lowest BCUT2D eigenvalue weighted by molar-refractivity contribution is -0.151. The van der Waals surface area contributed by atoms with Gasteiger partial charge in [0.05, 0.1) is 0 Å². The largest absolute Gasteiger partial charge is 0.479 e. The Morgan fingerprint density at radius 2 is 1.34 bits per heavy atom. The number of aliphatic carboxylic acids is 1. The second kappa shape index (κ2) is 8.56. The molecule has 5 nitrogen and oxygen atoms in total. The summed E-state index contributed by atoms with van der Waals surface area (Å²) in [7, 11) is 0. The summed E-state index contributed by atoms with van der Waals surface area (Å²) in [6.45, 7) is 0.193. The van der Waals surface area contributed by atoms with Gasteiger partial charge < -0.3 is 9.84 Å². The predicted molar refractivity (Wildman–Crippen MR) is 133 cm³/mol. The standard InChI is InChI=1S/C30H29NO4/c32-28(33)30(17-20-9-1-2-10-21(20)18-30)31(22-11-3-4-12-22)29(34)35-19-27-25-15-7-5-13-23(25)24-14-6-8-16-26(24)27/h1-2,5-10,13-16,22,27H,3-4,11-12,17-19H2,(H,32,33). The van der Waals surface area contributed by atoms with Gasteiger partial charge >= 0.3 is 12.1 Å². The molecule has 1 N–H and O–H groups in total. The number of hydrogen-bond acceptors (Lipinski definition) is 3. The molecule has 1 fully saturated rings. The summed E-state index contributed by atoms with van der Waals surface area (Å²) in [5.41, 5.74) is 5.34. The van der Waals surface area contributed by atoms with Crippen molar-refractivity contribution in [2.45, 2.75) is 56.0 Å². The summed E-state index contributed by atoms with van der Waals surface area (Å²) >= 11 is 0. The number of carbonyl (C=O) groups excluding carboxylic acids is 1. The number of hydrogen-bond donors (Lipinski definition) is 1. The molecule has 0 unspecified atom stereocenters. The molecular formula is C30H29NO4. The zero-order chi connectivity index (χ0) is 24.0. The number of carboxylic acids is 1. The lowest BCUT2D eigenvalue weighted by Crippen LogP contribution is -2.61. The van der Waals surface area contributed by atoms with Crippen LogP contribution in [0.25, 0.3) is 11.1 Å². The normalized spacial score (nSPS) is 18.1. The molecule has 1 amide bonds. The molecular weight excluding hydrogens is 438 g/mol. The van der Waals surface area contributed by atoms with Crippen LogP contribution in [0.2, 0.25) is 0 Å². The Morgan fingerprint density at radius 1 is 0.829 bits per heavy atom. The molecule has 35 heavy (non-hydrogen) atoms. The van der Waals surface area contributed by atoms with E-state index < -0.39 is 17.6 Å². The van der Waals surface area contributed by atoms with E-state index in [4.69, 9.17) is 4.74 Å². The molecule has 6 rings (SSSR count). The van der Waals surface area contributed by atoms with E-state index in [-0.39, 0.29) is 18.6 Å². The first-order chi connectivity index (χ1) is 17.1. The van der Waals surface area contributed by atoms with Crippen molar-refractivity contribution in [1.82, 2.24) is 4.90 Å². The first-order valence-corrected chi connectivity index (χ1v) is 12.5. The molecule has 3 aromatic carbocycles. The maximum atomic E-state index is 13.8. The number of benzene rings is 3. The van der Waals surface area contributed by atoms with Crippen molar-refractivity contribution in [3.8, 4) is 11.1 Å². The quantitative estimate of drug-likeness (QED) is 0.515. The van der Waals surface area contributed by atoms with Crippen molar-refractivity contribution in [2.24, 2.45) is 0 Å². The van der Waals surface area contributed by atoms with E-state index in [1.165, 1.54) is 11.1 Å². The lowest BCUT2D eigenvalue weighted by Gasteiger charge is -2.41. The second-order valence-corrected chi connectivity index (χ2v) is 10.1. The Hall–Kier alpha value is -3.60. The molecule has 0 aromatic heterocycles. The lowest BCUT2D eigenvalue weighted by atomic mass is 9.91. The topological polar surface area (TPSA) is 66.8 Å². The minimum absolute atomic E-state index is 0.0571. The Morgan fingerprint density at radius 3 is 1.89 bits per heavy atom. The monoisotopic (exact) mass is 467 g/mol. The highest BCUT2D eigenvalue weighted by Gasteiger charge is 2.54. The summed E-state index contributed by atoms with van der Waals surface area (Å²) in [4.78, 5) is 28.2. The molecule has 0 spiro atoms. The minimum atomic E-state index is -1.30. The molecule has 3 aromatic rings. The van der Waals surface area contributed by atoms with Crippen LogP contribution < -0.4 is 0 Å². The van der Waals surface area contributed by atoms with Gasteiger partial charge in [-0.1, -0.05) is 85.6 Å². The summed E-state index contributed by atoms with van der Waals surface area (Å²) in [5.74, 6) is -1.01. The van der Waals surface area contributed by atoms with Gasteiger partial charge in [-0.3, -0.25) is 4.90 Å². The summed E-state index contributed by atoms with van der Waals surface area (Å²) in [6.07, 6.45) is 3.76. The molecule has 178 valence electrons. The molecule has 3 aliphatic carbocycles. The highest BCUT2D eigenvalue weighted by molar-refractivity contribution is 5.87. The van der Waals surface area contributed by atoms with E-state index in [2.05, 4.69) is 24.3 Å². The molecule has 0 saturated heterocycles. The van der Waals surface area contributed by atoms with Crippen molar-refractivity contribution >= 4 is 12.1 Å². The minimum Gasteiger partial charge on any atom is -0.479 e. The van der Waals surface area contributed by atoms with Gasteiger partial charge in [-0.2, -0.15) is 0 Å². The number of ether oxygens (including phenoxy) is 1. The summed E-state index contributed by atoms with van der Waals surface area (Å²) in [6, 6.07) is 24.2. The number of carboxylic acid groups (broad SMARTS) is 1. The van der Waals surface area contributed by atoms with Crippen molar-refractivity contribution in [3.63, 3.8) is 0 Å². The van der Waals surface area contributed by atoms with Crippen molar-refractivity contribution < 1.29 is 19.4 Å². The smallest absolute Gasteiger partial charge is 0.411 e. The van der Waals surface area contributed by atoms with Crippen LogP contribution in [-0.4, -0.2) is 40.3 Å². The molecule has 3 aliphatic rings. The SMILES string of the molecule is O=C(OCC1c2ccccc2-c2ccccc21)N(C1CCCC1)C1(C(=O)O)Cc2ccccc2C1. The van der Waals surface area contributed by atoms with Gasteiger partial charge in [-0.25, -0.2) is 9.59 Å². The third-order valence-electron chi connectivity index (χ3n) is 8.17. The van der Waals surface area contributed by atoms with Crippen LogP contribution in [0.15, 0.2) is 72.8 Å². The third-order valence-corrected chi connectivity index (χ3v) is 8.17. The molecule has 1 saturated carbocycles. The highest BCUT2D eigenvalue weighted by atomic mass is 16.6. The maximum absolute atomic E-state index is 13.8. The first kappa shape index (κ1) is 21.9. The molecule has 0 heterocycles. The fraction of sp³-hybridized carbons (Fsp3) is 0.333. The van der Waals surface area contributed by atoms with E-state index in [1.807, 2.05) is 48.5 Å². The van der Waals surface area contributed by atoms with E-state index in [0.29, 0.717) is 12.8 Å². The molecule has 0 aliphatic heterocycles. The first-order valence-electron chi connectivity index (χ1n) is 12.5. The fourth-order valence-electron chi connectivity index (χ4n) is 6.52. The highest BCUT2D eigenvalue weighted by Crippen LogP contribution is 2.45. The van der Waals surface area contributed by atoms with E-state index >= 15 is 0 Å². The zero-order valence-corrected chi connectivity index (χ0v) is 19.7. The van der Waals surface area contributed by atoms with Gasteiger partial charge in [0.1, 0.15) is 6.61 Å². The van der Waals surface area contributed by atoms with Gasteiger partial charge in [0.25, 0.3) is 0 Å². The molecule has 0 radical (unpaired) electrons. The van der Waals surface area contributed by atoms with Crippen LogP contribution in [-0.2, 0) is 22.4 Å². The van der Waals surface area contributed by atoms with E-state index in [0.717, 1.165) is 47.9 Å². The second-order valence-electron chi connectivity index (χ2n) is 10.1. The third kappa shape index (κ3) is 3.53. The maximum Gasteiger partial charge on any atom is 0.411 e. The molecule has 0 atom stereocenters. The van der Waals surface area contributed by atoms with E-state index in [9.17, 15) is 14.7 Å². The van der Waals surface area contributed by atoms with Crippen LogP contribution >= 0.6 is 0 Å². The van der Waals surface area contributed by atoms with E-state index in [1.54, 1.807) is 4.90 Å². The van der Waals surface area contributed by atoms with Crippen molar-refractivity contribution in [2.75, 3.05) is 6.61 Å². The van der Waals surface area contributed by atoms with Gasteiger partial charge in [-0.05, 0) is 46.2 Å². The van der Waals surface area contributed by atoms with Gasteiger partial charge in [0.15, 0.2) is 5.54 Å². The molecule has 0 bridgehead atoms. The Kier molecular flexibility index (Phi) is 5.36. The zero-order valence-electron chi connectivity index (χ0n) is 19.7. The summed E-state index contributed by atoms with van der Waals surface area (Å²) < 4.78 is 6.02. The Labute approximate surface area is 205 Å². The average Bonchev–Trinajstić information content (AvgIpc) is 3.60. The molecule has 5 heteroatoms. The average molecular weight is 468 g/mol. The van der Waals surface area contributed by atoms with Crippen LogP contribution in [0.3, 0.4) is 0 Å². The number of amides is 1.